The number of rotatable bonds is 7. The predicted molar refractivity (Wildman–Crippen MR) is 81.3 cm³/mol. The number of benzene rings is 1. The number of ether oxygens (including phenoxy) is 1. The first-order chi connectivity index (χ1) is 9.81. The highest BCUT2D eigenvalue weighted by Crippen LogP contribution is 2.23. The van der Waals surface area contributed by atoms with Crippen LogP contribution < -0.4 is 4.74 Å². The average molecular weight is 291 g/mol. The SMILES string of the molecule is CCCc1c(Cl)ncnc1OCCCc1ccccc1. The summed E-state index contributed by atoms with van der Waals surface area (Å²) < 4.78 is 5.76. The standard InChI is InChI=1S/C16H19ClN2O/c1-2-7-14-15(17)18-12-19-16(14)20-11-6-10-13-8-4-3-5-9-13/h3-5,8-9,12H,2,6-7,10-11H2,1H3. The molecule has 0 atom stereocenters. The first-order valence-electron chi connectivity index (χ1n) is 6.97. The molecule has 0 fully saturated rings. The van der Waals surface area contributed by atoms with E-state index in [2.05, 4.69) is 41.2 Å². The first-order valence-corrected chi connectivity index (χ1v) is 7.35. The van der Waals surface area contributed by atoms with Crippen LogP contribution in [0.5, 0.6) is 5.88 Å². The van der Waals surface area contributed by atoms with Gasteiger partial charge in [-0.25, -0.2) is 9.97 Å². The average Bonchev–Trinajstić information content (AvgIpc) is 2.48. The molecule has 1 aromatic carbocycles. The minimum Gasteiger partial charge on any atom is -0.477 e. The summed E-state index contributed by atoms with van der Waals surface area (Å²) in [6.07, 6.45) is 5.25. The maximum Gasteiger partial charge on any atom is 0.221 e. The van der Waals surface area contributed by atoms with E-state index in [1.54, 1.807) is 0 Å². The molecule has 0 amide bonds. The van der Waals surface area contributed by atoms with Gasteiger partial charge in [-0.05, 0) is 24.8 Å². The van der Waals surface area contributed by atoms with Crippen LogP contribution in [0.4, 0.5) is 0 Å². The lowest BCUT2D eigenvalue weighted by atomic mass is 10.1. The third-order valence-corrected chi connectivity index (χ3v) is 3.37. The van der Waals surface area contributed by atoms with Crippen molar-refractivity contribution >= 4 is 11.6 Å². The van der Waals surface area contributed by atoms with E-state index < -0.39 is 0 Å². The number of hydrogen-bond donors (Lipinski definition) is 0. The second-order valence-corrected chi connectivity index (χ2v) is 4.99. The monoisotopic (exact) mass is 290 g/mol. The fraction of sp³-hybridized carbons (Fsp3) is 0.375. The molecule has 106 valence electrons. The molecule has 0 radical (unpaired) electrons. The van der Waals surface area contributed by atoms with Crippen molar-refractivity contribution in [2.24, 2.45) is 0 Å². The van der Waals surface area contributed by atoms with Crippen LogP contribution in [-0.4, -0.2) is 16.6 Å². The molecule has 0 aliphatic heterocycles. The Morgan fingerprint density at radius 2 is 1.90 bits per heavy atom. The zero-order valence-corrected chi connectivity index (χ0v) is 12.4. The van der Waals surface area contributed by atoms with Crippen LogP contribution in [0.1, 0.15) is 30.9 Å². The van der Waals surface area contributed by atoms with Gasteiger partial charge in [-0.2, -0.15) is 0 Å². The van der Waals surface area contributed by atoms with Crippen molar-refractivity contribution in [3.05, 3.63) is 52.9 Å². The summed E-state index contributed by atoms with van der Waals surface area (Å²) in [6, 6.07) is 10.4. The highest BCUT2D eigenvalue weighted by atomic mass is 35.5. The van der Waals surface area contributed by atoms with Crippen molar-refractivity contribution in [1.82, 2.24) is 9.97 Å². The van der Waals surface area contributed by atoms with Crippen LogP contribution >= 0.6 is 11.6 Å². The lowest BCUT2D eigenvalue weighted by Crippen LogP contribution is -2.05. The van der Waals surface area contributed by atoms with Crippen molar-refractivity contribution in [3.8, 4) is 5.88 Å². The van der Waals surface area contributed by atoms with Crippen molar-refractivity contribution < 1.29 is 4.74 Å². The van der Waals surface area contributed by atoms with Crippen molar-refractivity contribution in [2.75, 3.05) is 6.61 Å². The summed E-state index contributed by atoms with van der Waals surface area (Å²) in [5, 5.41) is 0.500. The number of aryl methyl sites for hydroxylation is 1. The molecule has 20 heavy (non-hydrogen) atoms. The quantitative estimate of drug-likeness (QED) is 0.569. The summed E-state index contributed by atoms with van der Waals surface area (Å²) in [5.41, 5.74) is 2.24. The van der Waals surface area contributed by atoms with Gasteiger partial charge in [0, 0.05) is 0 Å². The van der Waals surface area contributed by atoms with Gasteiger partial charge in [-0.15, -0.1) is 0 Å². The Bertz CT molecular complexity index is 531. The predicted octanol–water partition coefficient (Wildman–Crippen LogP) is 4.09. The van der Waals surface area contributed by atoms with Gasteiger partial charge in [0.25, 0.3) is 0 Å². The van der Waals surface area contributed by atoms with E-state index in [1.165, 1.54) is 11.9 Å². The molecule has 0 bridgehead atoms. The molecule has 2 aromatic rings. The van der Waals surface area contributed by atoms with Crippen LogP contribution in [0.2, 0.25) is 5.15 Å². The Morgan fingerprint density at radius 3 is 2.65 bits per heavy atom. The Labute approximate surface area is 125 Å². The summed E-state index contributed by atoms with van der Waals surface area (Å²) in [6.45, 7) is 2.74. The van der Waals surface area contributed by atoms with Gasteiger partial charge in [0.1, 0.15) is 11.5 Å². The molecule has 0 saturated heterocycles. The van der Waals surface area contributed by atoms with Crippen LogP contribution in [-0.2, 0) is 12.8 Å². The molecule has 0 aliphatic rings. The van der Waals surface area contributed by atoms with Gasteiger partial charge in [-0.3, -0.25) is 0 Å². The van der Waals surface area contributed by atoms with Crippen molar-refractivity contribution in [1.29, 1.82) is 0 Å². The van der Waals surface area contributed by atoms with Gasteiger partial charge in [-0.1, -0.05) is 55.3 Å². The molecule has 4 heteroatoms. The number of aromatic nitrogens is 2. The van der Waals surface area contributed by atoms with Crippen molar-refractivity contribution in [2.45, 2.75) is 32.6 Å². The molecule has 0 aliphatic carbocycles. The molecule has 0 saturated carbocycles. The van der Waals surface area contributed by atoms with E-state index >= 15 is 0 Å². The van der Waals surface area contributed by atoms with Gasteiger partial charge < -0.3 is 4.74 Å². The maximum atomic E-state index is 6.09. The van der Waals surface area contributed by atoms with Gasteiger partial charge >= 0.3 is 0 Å². The minimum atomic E-state index is 0.500. The van der Waals surface area contributed by atoms with Crippen molar-refractivity contribution in [3.63, 3.8) is 0 Å². The highest BCUT2D eigenvalue weighted by molar-refractivity contribution is 6.30. The molecule has 1 aromatic heterocycles. The molecule has 2 rings (SSSR count). The van der Waals surface area contributed by atoms with Crippen LogP contribution in [0, 0.1) is 0 Å². The van der Waals surface area contributed by atoms with E-state index in [0.29, 0.717) is 17.6 Å². The summed E-state index contributed by atoms with van der Waals surface area (Å²) >= 11 is 6.09. The lowest BCUT2D eigenvalue weighted by molar-refractivity contribution is 0.295. The number of halogens is 1. The lowest BCUT2D eigenvalue weighted by Gasteiger charge is -2.10. The van der Waals surface area contributed by atoms with Gasteiger partial charge in [0.15, 0.2) is 0 Å². The first kappa shape index (κ1) is 14.8. The topological polar surface area (TPSA) is 35.0 Å². The largest absolute Gasteiger partial charge is 0.477 e. The van der Waals surface area contributed by atoms with Gasteiger partial charge in [0.2, 0.25) is 5.88 Å². The minimum absolute atomic E-state index is 0.500. The maximum absolute atomic E-state index is 6.09. The second-order valence-electron chi connectivity index (χ2n) is 4.64. The Hall–Kier alpha value is -1.61. The zero-order chi connectivity index (χ0) is 14.2. The molecule has 0 unspecified atom stereocenters. The summed E-state index contributed by atoms with van der Waals surface area (Å²) in [7, 11) is 0. The fourth-order valence-electron chi connectivity index (χ4n) is 2.05. The van der Waals surface area contributed by atoms with E-state index in [-0.39, 0.29) is 0 Å². The Kier molecular flexibility index (Phi) is 5.81. The molecular formula is C16H19ClN2O. The third kappa shape index (κ3) is 4.20. The Balaban J connectivity index is 1.86. The van der Waals surface area contributed by atoms with Gasteiger partial charge in [0.05, 0.1) is 12.2 Å². The molecule has 0 N–H and O–H groups in total. The molecule has 3 nitrogen and oxygen atoms in total. The normalized spacial score (nSPS) is 10.5. The van der Waals surface area contributed by atoms with Crippen LogP contribution in [0.15, 0.2) is 36.7 Å². The summed E-state index contributed by atoms with van der Waals surface area (Å²) in [5.74, 6) is 0.625. The summed E-state index contributed by atoms with van der Waals surface area (Å²) in [4.78, 5) is 8.19. The second kappa shape index (κ2) is 7.85. The Morgan fingerprint density at radius 1 is 1.10 bits per heavy atom. The third-order valence-electron chi connectivity index (χ3n) is 3.04. The van der Waals surface area contributed by atoms with E-state index in [0.717, 1.165) is 31.2 Å². The molecular weight excluding hydrogens is 272 g/mol. The molecule has 0 spiro atoms. The van der Waals surface area contributed by atoms with E-state index in [1.807, 2.05) is 6.07 Å². The van der Waals surface area contributed by atoms with E-state index in [4.69, 9.17) is 16.3 Å². The zero-order valence-electron chi connectivity index (χ0n) is 11.7. The number of hydrogen-bond acceptors (Lipinski definition) is 3. The van der Waals surface area contributed by atoms with Crippen LogP contribution in [0.25, 0.3) is 0 Å². The van der Waals surface area contributed by atoms with E-state index in [9.17, 15) is 0 Å². The fourth-order valence-corrected chi connectivity index (χ4v) is 2.27. The molecule has 1 heterocycles. The van der Waals surface area contributed by atoms with Crippen LogP contribution in [0.3, 0.4) is 0 Å². The smallest absolute Gasteiger partial charge is 0.221 e. The highest BCUT2D eigenvalue weighted by Gasteiger charge is 2.10. The number of nitrogens with zero attached hydrogens (tertiary/aromatic N) is 2.